The number of amides is 1. The lowest BCUT2D eigenvalue weighted by Crippen LogP contribution is -2.43. The molecule has 0 radical (unpaired) electrons. The first-order valence-corrected chi connectivity index (χ1v) is 6.88. The highest BCUT2D eigenvalue weighted by atomic mass is 16.6. The summed E-state index contributed by atoms with van der Waals surface area (Å²) in [6, 6.07) is 2.88. The van der Waals surface area contributed by atoms with Crippen LogP contribution in [0.3, 0.4) is 0 Å². The van der Waals surface area contributed by atoms with Crippen LogP contribution < -0.4 is 0 Å². The number of hydrogen-bond acceptors (Lipinski definition) is 4. The van der Waals surface area contributed by atoms with Crippen LogP contribution in [0.25, 0.3) is 0 Å². The molecule has 1 saturated heterocycles. The first kappa shape index (κ1) is 14.6. The predicted octanol–water partition coefficient (Wildman–Crippen LogP) is 2.53. The minimum atomic E-state index is -0.546. The minimum absolute atomic E-state index is 0.244. The van der Waals surface area contributed by atoms with Gasteiger partial charge in [-0.25, -0.2) is 4.79 Å². The third kappa shape index (κ3) is 3.21. The molecule has 20 heavy (non-hydrogen) atoms. The van der Waals surface area contributed by atoms with Crippen molar-refractivity contribution in [2.75, 3.05) is 6.54 Å². The zero-order valence-corrected chi connectivity index (χ0v) is 12.4. The van der Waals surface area contributed by atoms with E-state index in [4.69, 9.17) is 9.15 Å². The molecule has 2 rings (SSSR count). The van der Waals surface area contributed by atoms with E-state index in [1.54, 1.807) is 24.0 Å². The van der Waals surface area contributed by atoms with E-state index >= 15 is 0 Å². The third-order valence-electron chi connectivity index (χ3n) is 3.14. The SMILES string of the molecule is Cc1ccc(C(=O)N2CCC[C@H]2C(=O)OC(C)(C)C)o1. The summed E-state index contributed by atoms with van der Waals surface area (Å²) in [4.78, 5) is 26.1. The fourth-order valence-electron chi connectivity index (χ4n) is 2.32. The second-order valence-corrected chi connectivity index (χ2v) is 6.10. The molecule has 1 aromatic heterocycles. The first-order valence-electron chi connectivity index (χ1n) is 6.88. The molecule has 5 nitrogen and oxygen atoms in total. The van der Waals surface area contributed by atoms with Crippen LogP contribution in [0, 0.1) is 6.92 Å². The Labute approximate surface area is 118 Å². The number of aryl methyl sites for hydroxylation is 1. The maximum absolute atomic E-state index is 12.4. The second kappa shape index (κ2) is 5.31. The summed E-state index contributed by atoms with van der Waals surface area (Å²) >= 11 is 0. The van der Waals surface area contributed by atoms with Gasteiger partial charge in [0.2, 0.25) is 0 Å². The van der Waals surface area contributed by atoms with E-state index in [0.717, 1.165) is 6.42 Å². The number of furan rings is 1. The van der Waals surface area contributed by atoms with E-state index in [9.17, 15) is 9.59 Å². The lowest BCUT2D eigenvalue weighted by molar-refractivity contribution is -0.159. The molecule has 1 aliphatic heterocycles. The summed E-state index contributed by atoms with van der Waals surface area (Å²) in [6.45, 7) is 7.81. The largest absolute Gasteiger partial charge is 0.458 e. The molecule has 1 aromatic rings. The van der Waals surface area contributed by atoms with E-state index < -0.39 is 11.6 Å². The number of carbonyl (C=O) groups is 2. The fourth-order valence-corrected chi connectivity index (χ4v) is 2.32. The fraction of sp³-hybridized carbons (Fsp3) is 0.600. The average Bonchev–Trinajstić information content (AvgIpc) is 2.93. The van der Waals surface area contributed by atoms with E-state index in [-0.39, 0.29) is 17.6 Å². The maximum atomic E-state index is 12.4. The standard InChI is InChI=1S/C15H21NO4/c1-10-7-8-12(19-10)13(17)16-9-5-6-11(16)14(18)20-15(2,3)4/h7-8,11H,5-6,9H2,1-4H3/t11-/m0/s1. The molecule has 0 aromatic carbocycles. The number of likely N-dealkylation sites (tertiary alicyclic amines) is 1. The summed E-state index contributed by atoms with van der Waals surface area (Å²) < 4.78 is 10.7. The van der Waals surface area contributed by atoms with Gasteiger partial charge in [-0.15, -0.1) is 0 Å². The van der Waals surface area contributed by atoms with Crippen LogP contribution in [-0.4, -0.2) is 35.0 Å². The lowest BCUT2D eigenvalue weighted by Gasteiger charge is -2.26. The van der Waals surface area contributed by atoms with Crippen molar-refractivity contribution in [2.45, 2.75) is 52.2 Å². The van der Waals surface area contributed by atoms with Gasteiger partial charge >= 0.3 is 5.97 Å². The van der Waals surface area contributed by atoms with Gasteiger partial charge in [0.1, 0.15) is 17.4 Å². The molecule has 0 bridgehead atoms. The monoisotopic (exact) mass is 279 g/mol. The van der Waals surface area contributed by atoms with Crippen LogP contribution in [0.15, 0.2) is 16.5 Å². The van der Waals surface area contributed by atoms with Crippen LogP contribution in [0.5, 0.6) is 0 Å². The third-order valence-corrected chi connectivity index (χ3v) is 3.14. The van der Waals surface area contributed by atoms with Gasteiger partial charge in [-0.05, 0) is 52.7 Å². The Morgan fingerprint density at radius 3 is 2.60 bits per heavy atom. The van der Waals surface area contributed by atoms with Crippen molar-refractivity contribution in [1.29, 1.82) is 0 Å². The average molecular weight is 279 g/mol. The van der Waals surface area contributed by atoms with E-state index in [1.165, 1.54) is 0 Å². The molecule has 5 heteroatoms. The molecule has 0 saturated carbocycles. The molecule has 1 amide bonds. The summed E-state index contributed by atoms with van der Waals surface area (Å²) in [5.41, 5.74) is -0.546. The molecule has 110 valence electrons. The highest BCUT2D eigenvalue weighted by molar-refractivity contribution is 5.95. The quantitative estimate of drug-likeness (QED) is 0.781. The van der Waals surface area contributed by atoms with Crippen molar-refractivity contribution < 1.29 is 18.7 Å². The lowest BCUT2D eigenvalue weighted by atomic mass is 10.1. The zero-order chi connectivity index (χ0) is 14.9. The number of rotatable bonds is 2. The molecule has 0 unspecified atom stereocenters. The Morgan fingerprint density at radius 2 is 2.05 bits per heavy atom. The van der Waals surface area contributed by atoms with Crippen LogP contribution in [0.2, 0.25) is 0 Å². The van der Waals surface area contributed by atoms with Crippen molar-refractivity contribution >= 4 is 11.9 Å². The van der Waals surface area contributed by atoms with E-state index in [2.05, 4.69) is 0 Å². The molecule has 1 atom stereocenters. The Morgan fingerprint density at radius 1 is 1.35 bits per heavy atom. The highest BCUT2D eigenvalue weighted by Crippen LogP contribution is 2.23. The van der Waals surface area contributed by atoms with Crippen LogP contribution in [0.4, 0.5) is 0 Å². The van der Waals surface area contributed by atoms with E-state index in [0.29, 0.717) is 18.7 Å². The van der Waals surface area contributed by atoms with Crippen molar-refractivity contribution in [2.24, 2.45) is 0 Å². The Kier molecular flexibility index (Phi) is 3.88. The van der Waals surface area contributed by atoms with Gasteiger partial charge in [-0.3, -0.25) is 4.79 Å². The topological polar surface area (TPSA) is 59.8 Å². The van der Waals surface area contributed by atoms with Crippen molar-refractivity contribution in [3.05, 3.63) is 23.7 Å². The van der Waals surface area contributed by atoms with Crippen LogP contribution in [-0.2, 0) is 9.53 Å². The van der Waals surface area contributed by atoms with Crippen molar-refractivity contribution in [3.8, 4) is 0 Å². The molecule has 2 heterocycles. The summed E-state index contributed by atoms with van der Waals surface area (Å²) in [5.74, 6) is 0.373. The van der Waals surface area contributed by atoms with Crippen LogP contribution in [0.1, 0.15) is 49.9 Å². The molecular formula is C15H21NO4. The zero-order valence-electron chi connectivity index (χ0n) is 12.4. The number of esters is 1. The van der Waals surface area contributed by atoms with Crippen molar-refractivity contribution in [3.63, 3.8) is 0 Å². The maximum Gasteiger partial charge on any atom is 0.329 e. The van der Waals surface area contributed by atoms with Crippen LogP contribution >= 0.6 is 0 Å². The van der Waals surface area contributed by atoms with Gasteiger partial charge in [0.05, 0.1) is 0 Å². The Bertz CT molecular complexity index is 512. The number of carbonyl (C=O) groups excluding carboxylic acids is 2. The second-order valence-electron chi connectivity index (χ2n) is 6.10. The summed E-state index contributed by atoms with van der Waals surface area (Å²) in [6.07, 6.45) is 1.44. The van der Waals surface area contributed by atoms with Gasteiger partial charge < -0.3 is 14.1 Å². The number of nitrogens with zero attached hydrogens (tertiary/aromatic N) is 1. The Balaban J connectivity index is 2.11. The molecule has 1 fully saturated rings. The molecule has 1 aliphatic rings. The minimum Gasteiger partial charge on any atom is -0.458 e. The van der Waals surface area contributed by atoms with E-state index in [1.807, 2.05) is 20.8 Å². The summed E-state index contributed by atoms with van der Waals surface area (Å²) in [5, 5.41) is 0. The van der Waals surface area contributed by atoms with Gasteiger partial charge in [0, 0.05) is 6.54 Å². The van der Waals surface area contributed by atoms with Gasteiger partial charge in [0.25, 0.3) is 5.91 Å². The first-order chi connectivity index (χ1) is 9.28. The Hall–Kier alpha value is -1.78. The predicted molar refractivity (Wildman–Crippen MR) is 73.3 cm³/mol. The highest BCUT2D eigenvalue weighted by Gasteiger charge is 2.38. The molecular weight excluding hydrogens is 258 g/mol. The normalized spacial score (nSPS) is 19.2. The van der Waals surface area contributed by atoms with Gasteiger partial charge in [-0.2, -0.15) is 0 Å². The van der Waals surface area contributed by atoms with Gasteiger partial charge in [-0.1, -0.05) is 0 Å². The molecule has 0 N–H and O–H groups in total. The molecule has 0 spiro atoms. The van der Waals surface area contributed by atoms with Crippen molar-refractivity contribution in [1.82, 2.24) is 4.90 Å². The van der Waals surface area contributed by atoms with Gasteiger partial charge in [0.15, 0.2) is 5.76 Å². The molecule has 0 aliphatic carbocycles. The number of ether oxygens (including phenoxy) is 1. The summed E-state index contributed by atoms with van der Waals surface area (Å²) in [7, 11) is 0. The smallest absolute Gasteiger partial charge is 0.329 e. The number of hydrogen-bond donors (Lipinski definition) is 0.